The first kappa shape index (κ1) is 20.1. The minimum atomic E-state index is -0.0696. The van der Waals surface area contributed by atoms with Crippen molar-refractivity contribution in [3.05, 3.63) is 71.5 Å². The Labute approximate surface area is 175 Å². The molecular weight excluding hydrogens is 355 g/mol. The molecule has 0 atom stereocenters. The van der Waals surface area contributed by atoms with Crippen molar-refractivity contribution in [2.45, 2.75) is 65.2 Å². The smallest absolute Gasteiger partial charge is 0.134 e. The normalized spacial score (nSPS) is 19.6. The Balaban J connectivity index is 1.42. The molecule has 0 aromatic heterocycles. The molecule has 0 aliphatic heterocycles. The van der Waals surface area contributed by atoms with Crippen LogP contribution in [0.15, 0.2) is 54.6 Å². The van der Waals surface area contributed by atoms with Crippen LogP contribution in [0.1, 0.15) is 63.5 Å². The van der Waals surface area contributed by atoms with Crippen LogP contribution in [-0.2, 0) is 12.8 Å². The highest BCUT2D eigenvalue weighted by atomic mass is 19.1. The van der Waals surface area contributed by atoms with Crippen LogP contribution in [0.25, 0.3) is 21.9 Å². The van der Waals surface area contributed by atoms with Crippen molar-refractivity contribution in [1.29, 1.82) is 0 Å². The van der Waals surface area contributed by atoms with Crippen molar-refractivity contribution in [3.8, 4) is 11.1 Å². The van der Waals surface area contributed by atoms with Crippen molar-refractivity contribution < 1.29 is 4.39 Å². The number of hydrogen-bond acceptors (Lipinski definition) is 0. The third-order valence-corrected chi connectivity index (χ3v) is 7.09. The zero-order chi connectivity index (χ0) is 20.2. The van der Waals surface area contributed by atoms with E-state index in [2.05, 4.69) is 37.3 Å². The van der Waals surface area contributed by atoms with Crippen LogP contribution in [0.5, 0.6) is 0 Å². The van der Waals surface area contributed by atoms with Gasteiger partial charge in [0.1, 0.15) is 5.82 Å². The van der Waals surface area contributed by atoms with Crippen LogP contribution in [0.3, 0.4) is 0 Å². The quantitative estimate of drug-likeness (QED) is 0.398. The predicted octanol–water partition coefficient (Wildman–Crippen LogP) is 8.36. The highest BCUT2D eigenvalue weighted by molar-refractivity contribution is 5.88. The maximum absolute atomic E-state index is 14.5. The van der Waals surface area contributed by atoms with E-state index in [-0.39, 0.29) is 5.82 Å². The summed E-state index contributed by atoms with van der Waals surface area (Å²) in [7, 11) is 0. The minimum absolute atomic E-state index is 0.0696. The Morgan fingerprint density at radius 2 is 1.48 bits per heavy atom. The molecule has 4 rings (SSSR count). The largest absolute Gasteiger partial charge is 0.206 e. The van der Waals surface area contributed by atoms with Gasteiger partial charge in [-0.2, -0.15) is 0 Å². The van der Waals surface area contributed by atoms with Crippen LogP contribution < -0.4 is 0 Å². The Morgan fingerprint density at radius 3 is 2.17 bits per heavy atom. The monoisotopic (exact) mass is 388 g/mol. The summed E-state index contributed by atoms with van der Waals surface area (Å²) < 4.78 is 14.5. The molecular formula is C28H33F. The zero-order valence-corrected chi connectivity index (χ0v) is 17.9. The van der Waals surface area contributed by atoms with Crippen LogP contribution in [0.4, 0.5) is 4.39 Å². The number of benzene rings is 3. The maximum atomic E-state index is 14.5. The zero-order valence-electron chi connectivity index (χ0n) is 17.9. The molecule has 0 radical (unpaired) electrons. The van der Waals surface area contributed by atoms with E-state index in [4.69, 9.17) is 0 Å². The van der Waals surface area contributed by atoms with Gasteiger partial charge in [0, 0.05) is 5.39 Å². The second-order valence-electron chi connectivity index (χ2n) is 8.86. The molecule has 1 saturated carbocycles. The summed E-state index contributed by atoms with van der Waals surface area (Å²) >= 11 is 0. The van der Waals surface area contributed by atoms with Gasteiger partial charge in [-0.1, -0.05) is 94.5 Å². The average molecular weight is 389 g/mol. The lowest BCUT2D eigenvalue weighted by Gasteiger charge is -2.27. The predicted molar refractivity (Wildman–Crippen MR) is 123 cm³/mol. The molecule has 152 valence electrons. The van der Waals surface area contributed by atoms with Gasteiger partial charge in [-0.15, -0.1) is 0 Å². The van der Waals surface area contributed by atoms with Crippen molar-refractivity contribution in [2.24, 2.45) is 11.8 Å². The summed E-state index contributed by atoms with van der Waals surface area (Å²) in [5.41, 5.74) is 4.59. The van der Waals surface area contributed by atoms with Gasteiger partial charge < -0.3 is 0 Å². The van der Waals surface area contributed by atoms with E-state index in [0.717, 1.165) is 40.2 Å². The molecule has 0 bridgehead atoms. The lowest BCUT2D eigenvalue weighted by Crippen LogP contribution is -2.14. The van der Waals surface area contributed by atoms with E-state index < -0.39 is 0 Å². The fourth-order valence-corrected chi connectivity index (χ4v) is 4.95. The molecule has 0 nitrogen and oxygen atoms in total. The molecule has 1 aliphatic rings. The number of fused-ring (bicyclic) bond motifs is 1. The molecule has 0 N–H and O–H groups in total. The Bertz CT molecular complexity index is 946. The highest BCUT2D eigenvalue weighted by Gasteiger charge is 2.19. The van der Waals surface area contributed by atoms with E-state index in [1.54, 1.807) is 0 Å². The van der Waals surface area contributed by atoms with Gasteiger partial charge in [0.15, 0.2) is 0 Å². The Kier molecular flexibility index (Phi) is 6.33. The highest BCUT2D eigenvalue weighted by Crippen LogP contribution is 2.33. The van der Waals surface area contributed by atoms with Crippen LogP contribution in [-0.4, -0.2) is 0 Å². The molecule has 29 heavy (non-hydrogen) atoms. The van der Waals surface area contributed by atoms with Crippen molar-refractivity contribution in [1.82, 2.24) is 0 Å². The lowest BCUT2D eigenvalue weighted by molar-refractivity contribution is 0.259. The summed E-state index contributed by atoms with van der Waals surface area (Å²) in [6, 6.07) is 19.0. The Morgan fingerprint density at radius 1 is 0.793 bits per heavy atom. The average Bonchev–Trinajstić information content (AvgIpc) is 2.78. The number of aryl methyl sites for hydroxylation is 2. The first-order valence-electron chi connectivity index (χ1n) is 11.5. The number of rotatable bonds is 6. The standard InChI is InChI=1S/C28H33F/c1-3-20-5-7-21(8-6-20)9-10-22-11-13-24(14-12-22)25-17-18-27-26(19-25)16-15-23(4-2)28(27)29/h11-21H,3-10H2,1-2H3. The lowest BCUT2D eigenvalue weighted by atomic mass is 9.78. The molecule has 0 heterocycles. The third-order valence-electron chi connectivity index (χ3n) is 7.09. The van der Waals surface area contributed by atoms with Crippen LogP contribution in [0, 0.1) is 17.7 Å². The van der Waals surface area contributed by atoms with Gasteiger partial charge in [-0.05, 0) is 64.8 Å². The van der Waals surface area contributed by atoms with Gasteiger partial charge in [-0.25, -0.2) is 4.39 Å². The van der Waals surface area contributed by atoms with E-state index >= 15 is 0 Å². The fourth-order valence-electron chi connectivity index (χ4n) is 4.95. The Hall–Kier alpha value is -2.15. The van der Waals surface area contributed by atoms with Gasteiger partial charge in [0.2, 0.25) is 0 Å². The summed E-state index contributed by atoms with van der Waals surface area (Å²) in [4.78, 5) is 0. The van der Waals surface area contributed by atoms with E-state index in [9.17, 15) is 4.39 Å². The SMILES string of the molecule is CCc1ccc2cc(-c3ccc(CCC4CCC(CC)CC4)cc3)ccc2c1F. The minimum Gasteiger partial charge on any atom is -0.206 e. The van der Waals surface area contributed by atoms with Crippen molar-refractivity contribution >= 4 is 10.8 Å². The summed E-state index contributed by atoms with van der Waals surface area (Å²) in [5.74, 6) is 1.83. The molecule has 1 heteroatoms. The summed E-state index contributed by atoms with van der Waals surface area (Å²) in [6.45, 7) is 4.33. The van der Waals surface area contributed by atoms with Gasteiger partial charge in [0.25, 0.3) is 0 Å². The molecule has 0 unspecified atom stereocenters. The summed E-state index contributed by atoms with van der Waals surface area (Å²) in [5, 5.41) is 1.70. The van der Waals surface area contributed by atoms with E-state index in [1.807, 2.05) is 31.2 Å². The third kappa shape index (κ3) is 4.55. The van der Waals surface area contributed by atoms with Crippen molar-refractivity contribution in [2.75, 3.05) is 0 Å². The van der Waals surface area contributed by atoms with E-state index in [0.29, 0.717) is 0 Å². The number of hydrogen-bond donors (Lipinski definition) is 0. The van der Waals surface area contributed by atoms with Gasteiger partial charge in [0.05, 0.1) is 0 Å². The molecule has 1 aliphatic carbocycles. The maximum Gasteiger partial charge on any atom is 0.134 e. The first-order chi connectivity index (χ1) is 14.2. The summed E-state index contributed by atoms with van der Waals surface area (Å²) in [6.07, 6.45) is 10.3. The van der Waals surface area contributed by atoms with Gasteiger partial charge in [-0.3, -0.25) is 0 Å². The second kappa shape index (κ2) is 9.11. The van der Waals surface area contributed by atoms with E-state index in [1.165, 1.54) is 56.1 Å². The van der Waals surface area contributed by atoms with Gasteiger partial charge >= 0.3 is 0 Å². The van der Waals surface area contributed by atoms with Crippen LogP contribution in [0.2, 0.25) is 0 Å². The topological polar surface area (TPSA) is 0 Å². The second-order valence-corrected chi connectivity index (χ2v) is 8.86. The first-order valence-corrected chi connectivity index (χ1v) is 11.5. The molecule has 1 fully saturated rings. The molecule has 0 saturated heterocycles. The van der Waals surface area contributed by atoms with Crippen molar-refractivity contribution in [3.63, 3.8) is 0 Å². The molecule has 3 aromatic rings. The fraction of sp³-hybridized carbons (Fsp3) is 0.429. The molecule has 0 amide bonds. The molecule has 3 aromatic carbocycles. The molecule has 0 spiro atoms. The number of halogens is 1. The van der Waals surface area contributed by atoms with Crippen LogP contribution >= 0.6 is 0 Å².